The van der Waals surface area contributed by atoms with E-state index >= 15 is 0 Å². The quantitative estimate of drug-likeness (QED) is 0.338. The summed E-state index contributed by atoms with van der Waals surface area (Å²) < 4.78 is 0. The summed E-state index contributed by atoms with van der Waals surface area (Å²) in [7, 11) is 0. The number of aryl methyl sites for hydroxylation is 1. The third-order valence-corrected chi connectivity index (χ3v) is 11.2. The van der Waals surface area contributed by atoms with Crippen LogP contribution >= 0.6 is 0 Å². The lowest BCUT2D eigenvalue weighted by molar-refractivity contribution is 0.137. The van der Waals surface area contributed by atoms with Crippen LogP contribution in [0, 0.1) is 17.8 Å². The van der Waals surface area contributed by atoms with E-state index < -0.39 is 0 Å². The fourth-order valence-electron chi connectivity index (χ4n) is 9.30. The molecule has 0 heterocycles. The fourth-order valence-corrected chi connectivity index (χ4v) is 9.30. The van der Waals surface area contributed by atoms with Gasteiger partial charge < -0.3 is 4.90 Å². The Kier molecular flexibility index (Phi) is 7.43. The first kappa shape index (κ1) is 27.0. The van der Waals surface area contributed by atoms with Gasteiger partial charge in [-0.3, -0.25) is 0 Å². The van der Waals surface area contributed by atoms with E-state index in [9.17, 15) is 0 Å². The summed E-state index contributed by atoms with van der Waals surface area (Å²) >= 11 is 0. The van der Waals surface area contributed by atoms with Crippen molar-refractivity contribution in [2.75, 3.05) is 4.90 Å². The van der Waals surface area contributed by atoms with Gasteiger partial charge in [0.15, 0.2) is 0 Å². The first-order valence-electron chi connectivity index (χ1n) is 17.2. The maximum Gasteiger partial charge on any atom is 0.0490 e. The van der Waals surface area contributed by atoms with E-state index in [-0.39, 0.29) is 0 Å². The molecular weight excluding hydrogens is 518 g/mol. The maximum absolute atomic E-state index is 2.73. The Balaban J connectivity index is 1.21. The van der Waals surface area contributed by atoms with Gasteiger partial charge in [0, 0.05) is 17.1 Å². The molecule has 4 atom stereocenters. The lowest BCUT2D eigenvalue weighted by atomic mass is 9.55. The highest BCUT2D eigenvalue weighted by Crippen LogP contribution is 2.57. The second-order valence-electron chi connectivity index (χ2n) is 13.6. The number of benzene rings is 2. The van der Waals surface area contributed by atoms with Crippen LogP contribution in [0.4, 0.5) is 5.69 Å². The molecule has 0 spiro atoms. The standard InChI is InChI=1S/C42H45N/c1-5-13-30(14-6-1)39(31-15-7-2-8-16-31)29-34-22-21-32-24-27-38-40(28-25-33-23-26-37(34)41(32)42(33)38)43(35-17-9-3-10-18-35)36-19-11-4-12-20-36/h1,3-7,9,11,13-17,19,25,28-29,32,34,37,41H,2,8,10,12,18,20-24,26-27H2/b39-29+. The summed E-state index contributed by atoms with van der Waals surface area (Å²) in [4.78, 5) is 2.68. The Morgan fingerprint density at radius 1 is 0.721 bits per heavy atom. The van der Waals surface area contributed by atoms with Gasteiger partial charge in [-0.25, -0.2) is 0 Å². The first-order chi connectivity index (χ1) is 21.3. The summed E-state index contributed by atoms with van der Waals surface area (Å²) in [5.41, 5.74) is 13.8. The number of nitrogens with zero attached hydrogens (tertiary/aromatic N) is 1. The number of anilines is 1. The van der Waals surface area contributed by atoms with Crippen molar-refractivity contribution in [1.29, 1.82) is 0 Å². The zero-order valence-electron chi connectivity index (χ0n) is 25.6. The summed E-state index contributed by atoms with van der Waals surface area (Å²) in [5, 5.41) is 0. The average Bonchev–Trinajstić information content (AvgIpc) is 3.09. The second kappa shape index (κ2) is 11.8. The molecule has 0 bridgehead atoms. The molecule has 8 rings (SSSR count). The normalized spacial score (nSPS) is 27.6. The molecule has 218 valence electrons. The van der Waals surface area contributed by atoms with Gasteiger partial charge in [-0.1, -0.05) is 85.0 Å². The molecule has 2 aromatic rings. The van der Waals surface area contributed by atoms with Crippen molar-refractivity contribution in [2.24, 2.45) is 17.8 Å². The summed E-state index contributed by atoms with van der Waals surface area (Å²) in [6, 6.07) is 16.2. The van der Waals surface area contributed by atoms with Crippen molar-refractivity contribution >= 4 is 11.3 Å². The largest absolute Gasteiger partial charge is 0.318 e. The zero-order chi connectivity index (χ0) is 28.6. The third kappa shape index (κ3) is 5.05. The van der Waals surface area contributed by atoms with E-state index in [2.05, 4.69) is 108 Å². The van der Waals surface area contributed by atoms with E-state index in [1.807, 2.05) is 0 Å². The molecule has 1 nitrogen and oxygen atoms in total. The van der Waals surface area contributed by atoms with Gasteiger partial charge in [-0.2, -0.15) is 0 Å². The van der Waals surface area contributed by atoms with Crippen LogP contribution < -0.4 is 4.90 Å². The lowest BCUT2D eigenvalue weighted by Crippen LogP contribution is -2.39. The first-order valence-corrected chi connectivity index (χ1v) is 17.2. The van der Waals surface area contributed by atoms with Crippen LogP contribution in [-0.4, -0.2) is 0 Å². The molecule has 4 unspecified atom stereocenters. The van der Waals surface area contributed by atoms with E-state index in [0.717, 1.165) is 43.9 Å². The molecule has 0 aromatic heterocycles. The molecule has 1 fully saturated rings. The zero-order valence-corrected chi connectivity index (χ0v) is 25.6. The molecule has 0 radical (unpaired) electrons. The number of allylic oxidation sites excluding steroid dienone is 14. The van der Waals surface area contributed by atoms with Crippen molar-refractivity contribution in [1.82, 2.24) is 0 Å². The monoisotopic (exact) mass is 563 g/mol. The van der Waals surface area contributed by atoms with Crippen LogP contribution in [0.3, 0.4) is 0 Å². The van der Waals surface area contributed by atoms with Gasteiger partial charge in [0.25, 0.3) is 0 Å². The minimum absolute atomic E-state index is 0.643. The van der Waals surface area contributed by atoms with Crippen molar-refractivity contribution in [2.45, 2.75) is 83.0 Å². The van der Waals surface area contributed by atoms with Gasteiger partial charge in [0.2, 0.25) is 0 Å². The number of hydrogen-bond donors (Lipinski definition) is 0. The predicted molar refractivity (Wildman–Crippen MR) is 182 cm³/mol. The number of hydrogen-bond acceptors (Lipinski definition) is 1. The Labute approximate surface area is 258 Å². The van der Waals surface area contributed by atoms with Crippen molar-refractivity contribution in [3.05, 3.63) is 142 Å². The highest BCUT2D eigenvalue weighted by atomic mass is 15.2. The van der Waals surface area contributed by atoms with Crippen LogP contribution in [0.25, 0.3) is 5.57 Å². The SMILES string of the molecule is C1=CCCC(N(C2=CC=CCC2)c2ccc3c4c2CCC2CCC(/C=C(/C5=CCCC=C5)c5ccccc5)C(CC3)C42)=C1. The molecule has 6 aliphatic rings. The summed E-state index contributed by atoms with van der Waals surface area (Å²) in [6.07, 6.45) is 38.7. The van der Waals surface area contributed by atoms with E-state index in [4.69, 9.17) is 0 Å². The predicted octanol–water partition coefficient (Wildman–Crippen LogP) is 10.9. The maximum atomic E-state index is 2.73. The fraction of sp³-hybridized carbons (Fsp3) is 0.381. The number of rotatable bonds is 6. The Morgan fingerprint density at radius 2 is 1.53 bits per heavy atom. The average molecular weight is 564 g/mol. The lowest BCUT2D eigenvalue weighted by Gasteiger charge is -2.50. The van der Waals surface area contributed by atoms with E-state index in [1.165, 1.54) is 78.7 Å². The van der Waals surface area contributed by atoms with Crippen LogP contribution in [0.5, 0.6) is 0 Å². The smallest absolute Gasteiger partial charge is 0.0490 e. The Morgan fingerprint density at radius 3 is 2.26 bits per heavy atom. The molecule has 0 saturated heterocycles. The van der Waals surface area contributed by atoms with Gasteiger partial charge in [-0.05, 0) is 152 Å². The molecule has 0 aliphatic heterocycles. The van der Waals surface area contributed by atoms with Crippen LogP contribution in [-0.2, 0) is 12.8 Å². The Bertz CT molecular complexity index is 1560. The minimum Gasteiger partial charge on any atom is -0.318 e. The molecule has 2 aromatic carbocycles. The highest BCUT2D eigenvalue weighted by Gasteiger charge is 2.46. The molecule has 1 heteroatoms. The van der Waals surface area contributed by atoms with Gasteiger partial charge >= 0.3 is 0 Å². The second-order valence-corrected chi connectivity index (χ2v) is 13.6. The van der Waals surface area contributed by atoms with Crippen molar-refractivity contribution < 1.29 is 0 Å². The molecule has 1 saturated carbocycles. The van der Waals surface area contributed by atoms with Crippen molar-refractivity contribution in [3.8, 4) is 0 Å². The van der Waals surface area contributed by atoms with Gasteiger partial charge in [0.05, 0.1) is 0 Å². The van der Waals surface area contributed by atoms with Crippen LogP contribution in [0.15, 0.2) is 120 Å². The highest BCUT2D eigenvalue weighted by molar-refractivity contribution is 5.82. The van der Waals surface area contributed by atoms with Crippen LogP contribution in [0.1, 0.15) is 92.4 Å². The molecule has 0 N–H and O–H groups in total. The molecule has 0 amide bonds. The van der Waals surface area contributed by atoms with Gasteiger partial charge in [0.1, 0.15) is 0 Å². The van der Waals surface area contributed by atoms with Gasteiger partial charge in [-0.15, -0.1) is 0 Å². The van der Waals surface area contributed by atoms with E-state index in [0.29, 0.717) is 11.8 Å². The molecule has 43 heavy (non-hydrogen) atoms. The van der Waals surface area contributed by atoms with Crippen LogP contribution in [0.2, 0.25) is 0 Å². The minimum atomic E-state index is 0.643. The van der Waals surface area contributed by atoms with Crippen molar-refractivity contribution in [3.63, 3.8) is 0 Å². The Hall–Kier alpha value is -3.58. The molecular formula is C42H45N. The summed E-state index contributed by atoms with van der Waals surface area (Å²) in [6.45, 7) is 0. The topological polar surface area (TPSA) is 3.24 Å². The third-order valence-electron chi connectivity index (χ3n) is 11.2. The van der Waals surface area contributed by atoms with E-state index in [1.54, 1.807) is 16.7 Å². The summed E-state index contributed by atoms with van der Waals surface area (Å²) in [5.74, 6) is 2.93. The molecule has 6 aliphatic carbocycles.